The Kier molecular flexibility index (Phi) is 9.17. The third kappa shape index (κ3) is 7.11. The van der Waals surface area contributed by atoms with Crippen LogP contribution < -0.4 is 5.43 Å². The molecular formula is C21H25ClN2O2. The molecule has 0 spiro atoms. The minimum absolute atomic E-state index is 0.245. The van der Waals surface area contributed by atoms with E-state index in [1.807, 2.05) is 19.1 Å². The lowest BCUT2D eigenvalue weighted by molar-refractivity contribution is 0.0697. The predicted molar refractivity (Wildman–Crippen MR) is 110 cm³/mol. The van der Waals surface area contributed by atoms with Crippen molar-refractivity contribution >= 4 is 29.0 Å². The van der Waals surface area contributed by atoms with Gasteiger partial charge in [-0.25, -0.2) is 4.79 Å². The minimum atomic E-state index is -0.949. The second-order valence-corrected chi connectivity index (χ2v) is 6.11. The SMILES string of the molecule is C=C(N/N=C(\C)c1ccc(C(=O)O)cc1)c1ccc(Cl)cc1.CCCC. The van der Waals surface area contributed by atoms with E-state index in [4.69, 9.17) is 16.7 Å². The van der Waals surface area contributed by atoms with E-state index >= 15 is 0 Å². The van der Waals surface area contributed by atoms with E-state index in [1.54, 1.807) is 36.4 Å². The van der Waals surface area contributed by atoms with Gasteiger partial charge in [-0.3, -0.25) is 5.43 Å². The standard InChI is InChI=1S/C17H15ClN2O2.C4H10/c1-11(13-3-5-15(6-4-13)17(21)22)19-20-12(2)14-7-9-16(18)10-8-14;1-3-4-2/h3-10,20H,2H2,1H3,(H,21,22);3-4H2,1-2H3/b19-11+;. The van der Waals surface area contributed by atoms with Crippen LogP contribution in [0, 0.1) is 0 Å². The molecule has 0 amide bonds. The summed E-state index contributed by atoms with van der Waals surface area (Å²) in [6.07, 6.45) is 2.64. The summed E-state index contributed by atoms with van der Waals surface area (Å²) >= 11 is 5.84. The third-order valence-corrected chi connectivity index (χ3v) is 3.85. The minimum Gasteiger partial charge on any atom is -0.478 e. The highest BCUT2D eigenvalue weighted by Crippen LogP contribution is 2.14. The molecule has 0 saturated heterocycles. The van der Waals surface area contributed by atoms with E-state index in [-0.39, 0.29) is 5.56 Å². The van der Waals surface area contributed by atoms with Gasteiger partial charge in [-0.05, 0) is 42.3 Å². The Morgan fingerprint density at radius 1 is 1.00 bits per heavy atom. The fourth-order valence-electron chi connectivity index (χ4n) is 1.79. The molecular weight excluding hydrogens is 348 g/mol. The monoisotopic (exact) mass is 372 g/mol. The normalized spacial score (nSPS) is 10.5. The molecule has 0 aromatic heterocycles. The van der Waals surface area contributed by atoms with Crippen LogP contribution in [-0.4, -0.2) is 16.8 Å². The quantitative estimate of drug-likeness (QED) is 0.495. The first-order chi connectivity index (χ1) is 12.4. The van der Waals surface area contributed by atoms with E-state index in [1.165, 1.54) is 12.8 Å². The molecule has 4 nitrogen and oxygen atoms in total. The third-order valence-electron chi connectivity index (χ3n) is 3.60. The molecule has 0 atom stereocenters. The van der Waals surface area contributed by atoms with Crippen molar-refractivity contribution in [3.05, 3.63) is 76.8 Å². The Bertz CT molecular complexity index is 749. The summed E-state index contributed by atoms with van der Waals surface area (Å²) < 4.78 is 0. The van der Waals surface area contributed by atoms with Crippen LogP contribution in [0.25, 0.3) is 5.70 Å². The van der Waals surface area contributed by atoms with E-state index < -0.39 is 5.97 Å². The van der Waals surface area contributed by atoms with Crippen molar-refractivity contribution in [2.75, 3.05) is 0 Å². The Balaban J connectivity index is 0.000000765. The summed E-state index contributed by atoms with van der Waals surface area (Å²) in [5, 5.41) is 13.8. The topological polar surface area (TPSA) is 61.7 Å². The summed E-state index contributed by atoms with van der Waals surface area (Å²) in [6, 6.07) is 13.8. The van der Waals surface area contributed by atoms with Gasteiger partial charge in [-0.1, -0.05) is 69.1 Å². The molecule has 0 fully saturated rings. The van der Waals surface area contributed by atoms with Gasteiger partial charge >= 0.3 is 5.97 Å². The van der Waals surface area contributed by atoms with Crippen LogP contribution in [0.4, 0.5) is 0 Å². The van der Waals surface area contributed by atoms with E-state index in [0.717, 1.165) is 16.8 Å². The number of carboxylic acids is 1. The first-order valence-corrected chi connectivity index (χ1v) is 8.85. The second-order valence-electron chi connectivity index (χ2n) is 5.68. The van der Waals surface area contributed by atoms with Crippen LogP contribution in [0.2, 0.25) is 5.02 Å². The zero-order chi connectivity index (χ0) is 19.5. The van der Waals surface area contributed by atoms with Crippen molar-refractivity contribution < 1.29 is 9.90 Å². The number of hydrazone groups is 1. The van der Waals surface area contributed by atoms with Crippen LogP contribution in [-0.2, 0) is 0 Å². The van der Waals surface area contributed by atoms with Crippen LogP contribution in [0.1, 0.15) is 55.1 Å². The van der Waals surface area contributed by atoms with E-state index in [0.29, 0.717) is 10.7 Å². The zero-order valence-corrected chi connectivity index (χ0v) is 16.2. The molecule has 0 saturated carbocycles. The molecule has 0 unspecified atom stereocenters. The lowest BCUT2D eigenvalue weighted by Crippen LogP contribution is -2.08. The molecule has 0 aliphatic carbocycles. The Labute approximate surface area is 160 Å². The number of benzene rings is 2. The van der Waals surface area contributed by atoms with Gasteiger partial charge < -0.3 is 5.11 Å². The Hall–Kier alpha value is -2.59. The van der Waals surface area contributed by atoms with Crippen molar-refractivity contribution in [3.8, 4) is 0 Å². The number of aromatic carboxylic acids is 1. The summed E-state index contributed by atoms with van der Waals surface area (Å²) in [5.74, 6) is -0.949. The number of carboxylic acid groups (broad SMARTS) is 1. The number of nitrogens with one attached hydrogen (secondary N) is 1. The van der Waals surface area contributed by atoms with Gasteiger partial charge in [-0.15, -0.1) is 0 Å². The molecule has 2 rings (SSSR count). The summed E-state index contributed by atoms with van der Waals surface area (Å²) in [4.78, 5) is 10.8. The lowest BCUT2D eigenvalue weighted by Gasteiger charge is -2.07. The number of rotatable bonds is 6. The van der Waals surface area contributed by atoms with Crippen molar-refractivity contribution in [2.24, 2.45) is 5.10 Å². The Morgan fingerprint density at radius 3 is 1.92 bits per heavy atom. The summed E-state index contributed by atoms with van der Waals surface area (Å²) in [5.41, 5.74) is 6.24. The Morgan fingerprint density at radius 2 is 1.46 bits per heavy atom. The largest absolute Gasteiger partial charge is 0.478 e. The van der Waals surface area contributed by atoms with Gasteiger partial charge in [0.1, 0.15) is 0 Å². The predicted octanol–water partition coefficient (Wildman–Crippen LogP) is 5.83. The van der Waals surface area contributed by atoms with Gasteiger partial charge in [0.2, 0.25) is 0 Å². The van der Waals surface area contributed by atoms with Gasteiger partial charge in [0.15, 0.2) is 0 Å². The zero-order valence-electron chi connectivity index (χ0n) is 15.4. The average molecular weight is 373 g/mol. The molecule has 0 aliphatic heterocycles. The first kappa shape index (κ1) is 21.5. The molecule has 5 heteroatoms. The molecule has 26 heavy (non-hydrogen) atoms. The fourth-order valence-corrected chi connectivity index (χ4v) is 1.91. The molecule has 2 N–H and O–H groups in total. The number of hydrogen-bond acceptors (Lipinski definition) is 3. The maximum atomic E-state index is 10.8. The highest BCUT2D eigenvalue weighted by atomic mass is 35.5. The van der Waals surface area contributed by atoms with Gasteiger partial charge in [-0.2, -0.15) is 5.10 Å². The van der Waals surface area contributed by atoms with Crippen molar-refractivity contribution in [2.45, 2.75) is 33.6 Å². The summed E-state index contributed by atoms with van der Waals surface area (Å²) in [7, 11) is 0. The van der Waals surface area contributed by atoms with Crippen LogP contribution in [0.5, 0.6) is 0 Å². The first-order valence-electron chi connectivity index (χ1n) is 8.47. The highest BCUT2D eigenvalue weighted by molar-refractivity contribution is 6.30. The number of unbranched alkanes of at least 4 members (excludes halogenated alkanes) is 1. The van der Waals surface area contributed by atoms with Crippen LogP contribution in [0.3, 0.4) is 0 Å². The number of hydrogen-bond donors (Lipinski definition) is 2. The van der Waals surface area contributed by atoms with Gasteiger partial charge in [0.25, 0.3) is 0 Å². The lowest BCUT2D eigenvalue weighted by atomic mass is 10.1. The molecule has 2 aromatic carbocycles. The van der Waals surface area contributed by atoms with Gasteiger partial charge in [0.05, 0.1) is 17.0 Å². The van der Waals surface area contributed by atoms with E-state index in [2.05, 4.69) is 31.0 Å². The molecule has 2 aromatic rings. The number of halogens is 1. The van der Waals surface area contributed by atoms with Crippen molar-refractivity contribution in [1.82, 2.24) is 5.43 Å². The van der Waals surface area contributed by atoms with Gasteiger partial charge in [0, 0.05) is 5.02 Å². The summed E-state index contributed by atoms with van der Waals surface area (Å²) in [6.45, 7) is 10.1. The highest BCUT2D eigenvalue weighted by Gasteiger charge is 2.04. The van der Waals surface area contributed by atoms with Crippen molar-refractivity contribution in [3.63, 3.8) is 0 Å². The maximum absolute atomic E-state index is 10.8. The smallest absolute Gasteiger partial charge is 0.335 e. The fraction of sp³-hybridized carbons (Fsp3) is 0.238. The molecule has 138 valence electrons. The molecule has 0 radical (unpaired) electrons. The van der Waals surface area contributed by atoms with E-state index in [9.17, 15) is 4.79 Å². The number of carbonyl (C=O) groups is 1. The second kappa shape index (κ2) is 11.1. The molecule has 0 aliphatic rings. The molecule has 0 bridgehead atoms. The maximum Gasteiger partial charge on any atom is 0.335 e. The number of nitrogens with zero attached hydrogens (tertiary/aromatic N) is 1. The van der Waals surface area contributed by atoms with Crippen LogP contribution in [0.15, 0.2) is 60.2 Å². The average Bonchev–Trinajstić information content (AvgIpc) is 2.66. The van der Waals surface area contributed by atoms with Crippen LogP contribution >= 0.6 is 11.6 Å². The van der Waals surface area contributed by atoms with Crippen molar-refractivity contribution in [1.29, 1.82) is 0 Å². The molecule has 0 heterocycles.